The number of hydrazone groups is 1. The predicted molar refractivity (Wildman–Crippen MR) is 78.9 cm³/mol. The molecular formula is C15H12FN3O3. The van der Waals surface area contributed by atoms with Gasteiger partial charge in [0, 0.05) is 17.2 Å². The molecule has 0 atom stereocenters. The predicted octanol–water partition coefficient (Wildman–Crippen LogP) is 2.43. The van der Waals surface area contributed by atoms with Gasteiger partial charge in [-0.1, -0.05) is 36.4 Å². The van der Waals surface area contributed by atoms with Crippen molar-refractivity contribution in [2.75, 3.05) is 0 Å². The molecule has 0 aliphatic carbocycles. The van der Waals surface area contributed by atoms with Crippen LogP contribution in [0.5, 0.6) is 0 Å². The van der Waals surface area contributed by atoms with Crippen molar-refractivity contribution in [2.24, 2.45) is 5.10 Å². The summed E-state index contributed by atoms with van der Waals surface area (Å²) in [5.74, 6) is -0.985. The van der Waals surface area contributed by atoms with E-state index in [1.54, 1.807) is 18.2 Å². The van der Waals surface area contributed by atoms with E-state index < -0.39 is 16.6 Å². The second kappa shape index (κ2) is 7.07. The molecule has 0 radical (unpaired) electrons. The second-order valence-corrected chi connectivity index (χ2v) is 4.38. The van der Waals surface area contributed by atoms with Crippen LogP contribution >= 0.6 is 0 Å². The van der Waals surface area contributed by atoms with Gasteiger partial charge in [0.15, 0.2) is 0 Å². The van der Waals surface area contributed by atoms with E-state index >= 15 is 0 Å². The van der Waals surface area contributed by atoms with Gasteiger partial charge < -0.3 is 0 Å². The highest BCUT2D eigenvalue weighted by atomic mass is 19.1. The molecule has 0 saturated carbocycles. The molecule has 0 saturated heterocycles. The van der Waals surface area contributed by atoms with Crippen LogP contribution in [0.4, 0.5) is 10.1 Å². The molecular weight excluding hydrogens is 289 g/mol. The van der Waals surface area contributed by atoms with Crippen molar-refractivity contribution >= 4 is 17.8 Å². The van der Waals surface area contributed by atoms with Crippen LogP contribution in [0.25, 0.3) is 0 Å². The van der Waals surface area contributed by atoms with Crippen LogP contribution in [-0.2, 0) is 11.2 Å². The highest BCUT2D eigenvalue weighted by Crippen LogP contribution is 2.17. The first-order valence-electron chi connectivity index (χ1n) is 6.36. The van der Waals surface area contributed by atoms with Crippen molar-refractivity contribution in [2.45, 2.75) is 6.42 Å². The van der Waals surface area contributed by atoms with Gasteiger partial charge in [-0.15, -0.1) is 0 Å². The Morgan fingerprint density at radius 3 is 2.64 bits per heavy atom. The van der Waals surface area contributed by atoms with Gasteiger partial charge in [0.1, 0.15) is 5.82 Å². The van der Waals surface area contributed by atoms with E-state index in [1.165, 1.54) is 36.5 Å². The fourth-order valence-corrected chi connectivity index (χ4v) is 1.80. The second-order valence-electron chi connectivity index (χ2n) is 4.38. The molecule has 0 aliphatic rings. The molecule has 2 aromatic carbocycles. The van der Waals surface area contributed by atoms with E-state index in [0.717, 1.165) is 0 Å². The molecule has 1 amide bonds. The highest BCUT2D eigenvalue weighted by Gasteiger charge is 2.14. The lowest BCUT2D eigenvalue weighted by Crippen LogP contribution is -2.20. The van der Waals surface area contributed by atoms with Crippen LogP contribution in [0, 0.1) is 15.9 Å². The average Bonchev–Trinajstić information content (AvgIpc) is 2.49. The standard InChI is InChI=1S/C15H12FN3O3/c16-13-7-3-1-6-12(13)10-17-18-15(20)9-11-5-2-4-8-14(11)19(21)22/h1-8,10H,9H2,(H,18,20). The summed E-state index contributed by atoms with van der Waals surface area (Å²) in [7, 11) is 0. The normalized spacial score (nSPS) is 10.6. The summed E-state index contributed by atoms with van der Waals surface area (Å²) in [6.07, 6.45) is 0.985. The van der Waals surface area contributed by atoms with Gasteiger partial charge in [0.2, 0.25) is 5.91 Å². The largest absolute Gasteiger partial charge is 0.273 e. The van der Waals surface area contributed by atoms with Gasteiger partial charge in [0.05, 0.1) is 17.6 Å². The van der Waals surface area contributed by atoms with Crippen LogP contribution in [0.1, 0.15) is 11.1 Å². The molecule has 0 aliphatic heterocycles. The van der Waals surface area contributed by atoms with Crippen molar-refractivity contribution in [3.8, 4) is 0 Å². The Morgan fingerprint density at radius 2 is 1.91 bits per heavy atom. The smallest absolute Gasteiger partial charge is 0.273 e. The number of nitrogens with zero attached hydrogens (tertiary/aromatic N) is 2. The van der Waals surface area contributed by atoms with E-state index in [-0.39, 0.29) is 23.2 Å². The third-order valence-corrected chi connectivity index (χ3v) is 2.84. The number of nitro groups is 1. The van der Waals surface area contributed by atoms with E-state index in [1.807, 2.05) is 0 Å². The molecule has 1 N–H and O–H groups in total. The number of halogens is 1. The van der Waals surface area contributed by atoms with E-state index in [0.29, 0.717) is 0 Å². The van der Waals surface area contributed by atoms with Crippen molar-refractivity contribution in [3.63, 3.8) is 0 Å². The Morgan fingerprint density at radius 1 is 1.23 bits per heavy atom. The van der Waals surface area contributed by atoms with Crippen LogP contribution in [-0.4, -0.2) is 17.0 Å². The van der Waals surface area contributed by atoms with Crippen molar-refractivity contribution < 1.29 is 14.1 Å². The molecule has 2 rings (SSSR count). The lowest BCUT2D eigenvalue weighted by atomic mass is 10.1. The van der Waals surface area contributed by atoms with Crippen molar-refractivity contribution in [1.82, 2.24) is 5.43 Å². The Labute approximate surface area is 125 Å². The third-order valence-electron chi connectivity index (χ3n) is 2.84. The van der Waals surface area contributed by atoms with Crippen LogP contribution in [0.2, 0.25) is 0 Å². The van der Waals surface area contributed by atoms with Gasteiger partial charge in [0.25, 0.3) is 5.69 Å². The SMILES string of the molecule is O=C(Cc1ccccc1[N+](=O)[O-])NN=Cc1ccccc1F. The molecule has 0 aromatic heterocycles. The minimum Gasteiger partial charge on any atom is -0.273 e. The summed E-state index contributed by atoms with van der Waals surface area (Å²) in [5.41, 5.74) is 2.60. The fourth-order valence-electron chi connectivity index (χ4n) is 1.80. The summed E-state index contributed by atoms with van der Waals surface area (Å²) in [6, 6.07) is 11.9. The van der Waals surface area contributed by atoms with Gasteiger partial charge in [-0.25, -0.2) is 9.82 Å². The maximum Gasteiger partial charge on any atom is 0.273 e. The molecule has 0 unspecified atom stereocenters. The monoisotopic (exact) mass is 301 g/mol. The number of benzene rings is 2. The van der Waals surface area contributed by atoms with Crippen LogP contribution in [0.15, 0.2) is 53.6 Å². The number of nitro benzene ring substituents is 1. The van der Waals surface area contributed by atoms with Crippen molar-refractivity contribution in [3.05, 3.63) is 75.6 Å². The Balaban J connectivity index is 2.00. The van der Waals surface area contributed by atoms with Crippen molar-refractivity contribution in [1.29, 1.82) is 0 Å². The minimum absolute atomic E-state index is 0.129. The van der Waals surface area contributed by atoms with E-state index in [2.05, 4.69) is 10.5 Å². The summed E-state index contributed by atoms with van der Waals surface area (Å²) in [4.78, 5) is 22.0. The highest BCUT2D eigenvalue weighted by molar-refractivity contribution is 5.83. The Bertz CT molecular complexity index is 731. The molecule has 0 heterocycles. The zero-order chi connectivity index (χ0) is 15.9. The molecule has 0 spiro atoms. The van der Waals surface area contributed by atoms with Crippen LogP contribution < -0.4 is 5.43 Å². The maximum atomic E-state index is 13.3. The Hall–Kier alpha value is -3.09. The number of rotatable bonds is 5. The molecule has 0 bridgehead atoms. The molecule has 112 valence electrons. The lowest BCUT2D eigenvalue weighted by Gasteiger charge is -2.02. The molecule has 2 aromatic rings. The first-order valence-corrected chi connectivity index (χ1v) is 6.36. The maximum absolute atomic E-state index is 13.3. The lowest BCUT2D eigenvalue weighted by molar-refractivity contribution is -0.385. The van der Waals surface area contributed by atoms with E-state index in [4.69, 9.17) is 0 Å². The Kier molecular flexibility index (Phi) is 4.92. The number of nitrogens with one attached hydrogen (secondary N) is 1. The fraction of sp³-hybridized carbons (Fsp3) is 0.0667. The number of carbonyl (C=O) groups excluding carboxylic acids is 1. The molecule has 22 heavy (non-hydrogen) atoms. The average molecular weight is 301 g/mol. The first kappa shape index (κ1) is 15.3. The molecule has 6 nitrogen and oxygen atoms in total. The minimum atomic E-state index is -0.550. The molecule has 0 fully saturated rings. The first-order chi connectivity index (χ1) is 10.6. The zero-order valence-corrected chi connectivity index (χ0v) is 11.4. The van der Waals surface area contributed by atoms with Gasteiger partial charge in [-0.3, -0.25) is 14.9 Å². The van der Waals surface area contributed by atoms with Gasteiger partial charge >= 0.3 is 0 Å². The number of carbonyl (C=O) groups is 1. The summed E-state index contributed by atoms with van der Waals surface area (Å²) in [6.45, 7) is 0. The van der Waals surface area contributed by atoms with Crippen LogP contribution in [0.3, 0.4) is 0 Å². The summed E-state index contributed by atoms with van der Waals surface area (Å²) in [5, 5.41) is 14.5. The quantitative estimate of drug-likeness (QED) is 0.523. The number of para-hydroxylation sites is 1. The van der Waals surface area contributed by atoms with Gasteiger partial charge in [-0.2, -0.15) is 5.10 Å². The number of hydrogen-bond donors (Lipinski definition) is 1. The number of hydrogen-bond acceptors (Lipinski definition) is 4. The third kappa shape index (κ3) is 3.95. The number of amides is 1. The zero-order valence-electron chi connectivity index (χ0n) is 11.4. The van der Waals surface area contributed by atoms with E-state index in [9.17, 15) is 19.3 Å². The molecule has 7 heteroatoms. The van der Waals surface area contributed by atoms with Gasteiger partial charge in [-0.05, 0) is 6.07 Å². The topological polar surface area (TPSA) is 84.6 Å². The summed E-state index contributed by atoms with van der Waals surface area (Å²) < 4.78 is 13.3. The summed E-state index contributed by atoms with van der Waals surface area (Å²) >= 11 is 0.